The zero-order valence-electron chi connectivity index (χ0n) is 19.9. The van der Waals surface area contributed by atoms with Gasteiger partial charge in [0.2, 0.25) is 5.91 Å². The topological polar surface area (TPSA) is 111 Å². The van der Waals surface area contributed by atoms with Crippen LogP contribution < -0.4 is 16.6 Å². The van der Waals surface area contributed by atoms with E-state index in [1.165, 1.54) is 11.8 Å². The second kappa shape index (κ2) is 9.34. The van der Waals surface area contributed by atoms with Crippen molar-refractivity contribution in [1.82, 2.24) is 24.0 Å². The lowest BCUT2D eigenvalue weighted by Crippen LogP contribution is -2.37. The van der Waals surface area contributed by atoms with E-state index in [1.807, 2.05) is 31.6 Å². The average Bonchev–Trinajstić information content (AvgIpc) is 3.19. The van der Waals surface area contributed by atoms with Crippen LogP contribution in [0.2, 0.25) is 0 Å². The van der Waals surface area contributed by atoms with Crippen molar-refractivity contribution in [2.75, 3.05) is 25.5 Å². The van der Waals surface area contributed by atoms with Gasteiger partial charge in [-0.3, -0.25) is 14.5 Å². The molecule has 4 aromatic heterocycles. The van der Waals surface area contributed by atoms with Gasteiger partial charge in [0.1, 0.15) is 11.5 Å². The number of hydrogen-bond donors (Lipinski definition) is 2. The Morgan fingerprint density at radius 1 is 1.14 bits per heavy atom. The normalized spacial score (nSPS) is 14.9. The Hall–Kier alpha value is -3.98. The van der Waals surface area contributed by atoms with Gasteiger partial charge in [-0.15, -0.1) is 0 Å². The standard InChI is InChI=1S/C26H29N7O2/c1-28-23-4-3-18(15-30-23)21-5-9-29-26-22(21)14-20(31(26)2)16-32-10-7-19(8-11-32)33-12-6-17(25(27)35)13-24(33)34/h3-6,9,12-15,19H,7-8,10-11,16H2,1-2H3,(H2,27,35)(H,28,30). The van der Waals surface area contributed by atoms with Gasteiger partial charge in [-0.25, -0.2) is 9.97 Å². The summed E-state index contributed by atoms with van der Waals surface area (Å²) in [6.07, 6.45) is 7.16. The number of nitrogens with one attached hydrogen (secondary N) is 1. The van der Waals surface area contributed by atoms with Crippen molar-refractivity contribution in [3.63, 3.8) is 0 Å². The van der Waals surface area contributed by atoms with E-state index in [4.69, 9.17) is 5.73 Å². The number of pyridine rings is 3. The molecule has 0 aromatic carbocycles. The van der Waals surface area contributed by atoms with Crippen LogP contribution in [0.25, 0.3) is 22.2 Å². The molecule has 5 heterocycles. The van der Waals surface area contributed by atoms with Gasteiger partial charge in [0.05, 0.1) is 0 Å². The highest BCUT2D eigenvalue weighted by molar-refractivity contribution is 5.94. The highest BCUT2D eigenvalue weighted by Gasteiger charge is 2.23. The number of amides is 1. The van der Waals surface area contributed by atoms with Crippen LogP contribution in [0.4, 0.5) is 5.82 Å². The maximum Gasteiger partial charge on any atom is 0.251 e. The van der Waals surface area contributed by atoms with Crippen LogP contribution in [0.5, 0.6) is 0 Å². The molecular formula is C26H29N7O2. The Morgan fingerprint density at radius 2 is 1.94 bits per heavy atom. The third kappa shape index (κ3) is 4.42. The third-order valence-corrected chi connectivity index (χ3v) is 6.93. The Morgan fingerprint density at radius 3 is 2.60 bits per heavy atom. The van der Waals surface area contributed by atoms with E-state index in [9.17, 15) is 9.59 Å². The number of piperidine rings is 1. The molecule has 0 spiro atoms. The summed E-state index contributed by atoms with van der Waals surface area (Å²) in [5.74, 6) is 0.255. The van der Waals surface area contributed by atoms with E-state index in [0.29, 0.717) is 0 Å². The number of fused-ring (bicyclic) bond motifs is 1. The molecule has 5 rings (SSSR count). The second-order valence-corrected chi connectivity index (χ2v) is 9.01. The van der Waals surface area contributed by atoms with Gasteiger partial charge < -0.3 is 20.2 Å². The van der Waals surface area contributed by atoms with Crippen LogP contribution in [0.15, 0.2) is 59.8 Å². The maximum absolute atomic E-state index is 12.5. The number of likely N-dealkylation sites (tertiary alicyclic amines) is 1. The van der Waals surface area contributed by atoms with Crippen LogP contribution in [0.3, 0.4) is 0 Å². The van der Waals surface area contributed by atoms with Gasteiger partial charge in [0.15, 0.2) is 0 Å². The summed E-state index contributed by atoms with van der Waals surface area (Å²) in [5.41, 5.74) is 9.68. The number of primary amides is 1. The number of carbonyl (C=O) groups excluding carboxylic acids is 1. The molecule has 0 radical (unpaired) electrons. The van der Waals surface area contributed by atoms with Crippen molar-refractivity contribution in [1.29, 1.82) is 0 Å². The highest BCUT2D eigenvalue weighted by atomic mass is 16.1. The highest BCUT2D eigenvalue weighted by Crippen LogP contribution is 2.30. The molecule has 0 unspecified atom stereocenters. The molecule has 1 amide bonds. The summed E-state index contributed by atoms with van der Waals surface area (Å²) in [4.78, 5) is 35.3. The lowest BCUT2D eigenvalue weighted by atomic mass is 10.0. The molecule has 1 saturated heterocycles. The minimum absolute atomic E-state index is 0.120. The van der Waals surface area contributed by atoms with Gasteiger partial charge in [-0.2, -0.15) is 0 Å². The largest absolute Gasteiger partial charge is 0.373 e. The van der Waals surface area contributed by atoms with E-state index in [2.05, 4.69) is 43.9 Å². The van der Waals surface area contributed by atoms with Gasteiger partial charge in [0, 0.05) is 86.6 Å². The smallest absolute Gasteiger partial charge is 0.251 e. The fraction of sp³-hybridized carbons (Fsp3) is 0.308. The number of hydrogen-bond acceptors (Lipinski definition) is 6. The zero-order valence-corrected chi connectivity index (χ0v) is 19.9. The van der Waals surface area contributed by atoms with Gasteiger partial charge in [0.25, 0.3) is 5.56 Å². The Balaban J connectivity index is 1.32. The van der Waals surface area contributed by atoms with Gasteiger partial charge >= 0.3 is 0 Å². The predicted molar refractivity (Wildman–Crippen MR) is 136 cm³/mol. The molecule has 1 fully saturated rings. The molecule has 0 atom stereocenters. The lowest BCUT2D eigenvalue weighted by molar-refractivity contribution is 0.0999. The molecule has 9 heteroatoms. The van der Waals surface area contributed by atoms with E-state index in [-0.39, 0.29) is 17.2 Å². The van der Waals surface area contributed by atoms with Crippen LogP contribution in [0, 0.1) is 0 Å². The molecule has 9 nitrogen and oxygen atoms in total. The van der Waals surface area contributed by atoms with Crippen molar-refractivity contribution in [3.8, 4) is 11.1 Å². The summed E-state index contributed by atoms with van der Waals surface area (Å²) < 4.78 is 3.89. The van der Waals surface area contributed by atoms with Crippen LogP contribution in [-0.4, -0.2) is 50.0 Å². The minimum Gasteiger partial charge on any atom is -0.373 e. The van der Waals surface area contributed by atoms with Crippen molar-refractivity contribution in [3.05, 3.63) is 76.6 Å². The SMILES string of the molecule is CNc1ccc(-c2ccnc3c2cc(CN2CCC(n4ccc(C(N)=O)cc4=O)CC2)n3C)cn1. The molecule has 1 aliphatic rings. The van der Waals surface area contributed by atoms with Crippen molar-refractivity contribution in [2.45, 2.75) is 25.4 Å². The van der Waals surface area contributed by atoms with Crippen molar-refractivity contribution < 1.29 is 4.79 Å². The molecule has 1 aliphatic heterocycles. The first kappa shape index (κ1) is 22.8. The van der Waals surface area contributed by atoms with Crippen LogP contribution in [-0.2, 0) is 13.6 Å². The van der Waals surface area contributed by atoms with Crippen LogP contribution >= 0.6 is 0 Å². The first-order chi connectivity index (χ1) is 16.9. The van der Waals surface area contributed by atoms with E-state index >= 15 is 0 Å². The molecule has 4 aromatic rings. The van der Waals surface area contributed by atoms with Gasteiger partial charge in [-0.05, 0) is 48.7 Å². The van der Waals surface area contributed by atoms with Crippen LogP contribution in [0.1, 0.15) is 34.9 Å². The maximum atomic E-state index is 12.5. The molecule has 0 saturated carbocycles. The first-order valence-corrected chi connectivity index (χ1v) is 11.8. The number of aromatic nitrogens is 4. The molecule has 0 bridgehead atoms. The van der Waals surface area contributed by atoms with E-state index in [1.54, 1.807) is 16.8 Å². The van der Waals surface area contributed by atoms with Crippen molar-refractivity contribution >= 4 is 22.8 Å². The van der Waals surface area contributed by atoms with E-state index in [0.717, 1.165) is 60.5 Å². The number of anilines is 1. The zero-order chi connectivity index (χ0) is 24.5. The number of nitrogens with two attached hydrogens (primary N) is 1. The fourth-order valence-electron chi connectivity index (χ4n) is 4.91. The summed E-state index contributed by atoms with van der Waals surface area (Å²) in [6, 6.07) is 11.4. The molecule has 0 aliphatic carbocycles. The Bertz CT molecular complexity index is 1430. The number of carbonyl (C=O) groups is 1. The minimum atomic E-state index is -0.581. The van der Waals surface area contributed by atoms with E-state index < -0.39 is 5.91 Å². The fourth-order valence-corrected chi connectivity index (χ4v) is 4.91. The summed E-state index contributed by atoms with van der Waals surface area (Å²) in [6.45, 7) is 2.57. The number of nitrogens with zero attached hydrogens (tertiary/aromatic N) is 5. The Kier molecular flexibility index (Phi) is 6.08. The monoisotopic (exact) mass is 471 g/mol. The lowest BCUT2D eigenvalue weighted by Gasteiger charge is -2.32. The van der Waals surface area contributed by atoms with Gasteiger partial charge in [-0.1, -0.05) is 0 Å². The molecule has 180 valence electrons. The average molecular weight is 472 g/mol. The summed E-state index contributed by atoms with van der Waals surface area (Å²) in [7, 11) is 3.92. The second-order valence-electron chi connectivity index (χ2n) is 9.01. The predicted octanol–water partition coefficient (Wildman–Crippen LogP) is 2.77. The molecule has 3 N–H and O–H groups in total. The number of rotatable bonds is 6. The summed E-state index contributed by atoms with van der Waals surface area (Å²) in [5, 5.41) is 4.17. The molecular weight excluding hydrogens is 442 g/mol. The number of aryl methyl sites for hydroxylation is 1. The first-order valence-electron chi connectivity index (χ1n) is 11.8. The molecule has 35 heavy (non-hydrogen) atoms. The Labute approximate surface area is 203 Å². The van der Waals surface area contributed by atoms with Crippen molar-refractivity contribution in [2.24, 2.45) is 12.8 Å². The quantitative estimate of drug-likeness (QED) is 0.447. The summed E-state index contributed by atoms with van der Waals surface area (Å²) >= 11 is 0. The third-order valence-electron chi connectivity index (χ3n) is 6.93.